The van der Waals surface area contributed by atoms with Crippen LogP contribution in [0.5, 0.6) is 5.75 Å². The Hall–Kier alpha value is -2.49. The van der Waals surface area contributed by atoms with E-state index in [1.54, 1.807) is 12.1 Å². The maximum atomic E-state index is 9.22. The maximum absolute atomic E-state index is 9.22. The molecule has 2 aromatic carbocycles. The molecule has 0 saturated heterocycles. The van der Waals surface area contributed by atoms with Crippen molar-refractivity contribution < 1.29 is 5.11 Å². The second-order valence-corrected chi connectivity index (χ2v) is 4.16. The van der Waals surface area contributed by atoms with Gasteiger partial charge in [-0.05, 0) is 29.8 Å². The normalized spacial score (nSPS) is 10.7. The van der Waals surface area contributed by atoms with E-state index in [1.807, 2.05) is 36.5 Å². The smallest absolute Gasteiger partial charge is 0.115 e. The molecule has 0 aliphatic heterocycles. The van der Waals surface area contributed by atoms with Crippen LogP contribution in [-0.2, 0) is 6.54 Å². The Bertz CT molecular complexity index is 658. The van der Waals surface area contributed by atoms with Gasteiger partial charge in [-0.2, -0.15) is 5.10 Å². The standard InChI is InChI=1S/C14H13N3O/c18-11-6-4-10(5-7-11)8-15-13-2-1-3-14-12(13)9-16-17-14/h1-7,9,15,18H,8H2,(H,16,17). The summed E-state index contributed by atoms with van der Waals surface area (Å²) in [6.07, 6.45) is 1.81. The van der Waals surface area contributed by atoms with Crippen LogP contribution in [-0.4, -0.2) is 15.3 Å². The van der Waals surface area contributed by atoms with Gasteiger partial charge in [-0.25, -0.2) is 0 Å². The van der Waals surface area contributed by atoms with Crippen LogP contribution in [0.4, 0.5) is 5.69 Å². The van der Waals surface area contributed by atoms with E-state index >= 15 is 0 Å². The summed E-state index contributed by atoms with van der Waals surface area (Å²) < 4.78 is 0. The van der Waals surface area contributed by atoms with Gasteiger partial charge in [0.1, 0.15) is 5.75 Å². The Morgan fingerprint density at radius 2 is 1.94 bits per heavy atom. The Balaban J connectivity index is 1.80. The summed E-state index contributed by atoms with van der Waals surface area (Å²) in [4.78, 5) is 0. The summed E-state index contributed by atoms with van der Waals surface area (Å²) in [5, 5.41) is 20.6. The number of hydrogen-bond donors (Lipinski definition) is 3. The first-order valence-electron chi connectivity index (χ1n) is 5.77. The Morgan fingerprint density at radius 3 is 2.78 bits per heavy atom. The number of fused-ring (bicyclic) bond motifs is 1. The second-order valence-electron chi connectivity index (χ2n) is 4.16. The van der Waals surface area contributed by atoms with Gasteiger partial charge in [0.2, 0.25) is 0 Å². The predicted molar refractivity (Wildman–Crippen MR) is 71.5 cm³/mol. The summed E-state index contributed by atoms with van der Waals surface area (Å²) in [6.45, 7) is 0.713. The fraction of sp³-hybridized carbons (Fsp3) is 0.0714. The van der Waals surface area contributed by atoms with Gasteiger partial charge in [-0.15, -0.1) is 0 Å². The molecule has 4 heteroatoms. The average Bonchev–Trinajstić information content (AvgIpc) is 2.87. The lowest BCUT2D eigenvalue weighted by Crippen LogP contribution is -1.99. The minimum absolute atomic E-state index is 0.288. The van der Waals surface area contributed by atoms with Gasteiger partial charge in [0.05, 0.1) is 11.7 Å². The first-order chi connectivity index (χ1) is 8.83. The number of phenolic OH excluding ortho intramolecular Hbond substituents is 1. The van der Waals surface area contributed by atoms with Crippen molar-refractivity contribution in [2.75, 3.05) is 5.32 Å². The topological polar surface area (TPSA) is 60.9 Å². The molecule has 3 aromatic rings. The average molecular weight is 239 g/mol. The van der Waals surface area contributed by atoms with Crippen molar-refractivity contribution in [3.63, 3.8) is 0 Å². The van der Waals surface area contributed by atoms with Crippen molar-refractivity contribution in [1.82, 2.24) is 10.2 Å². The van der Waals surface area contributed by atoms with Crippen LogP contribution < -0.4 is 5.32 Å². The lowest BCUT2D eigenvalue weighted by molar-refractivity contribution is 0.475. The number of rotatable bonds is 3. The molecule has 0 atom stereocenters. The van der Waals surface area contributed by atoms with Crippen molar-refractivity contribution in [1.29, 1.82) is 0 Å². The minimum Gasteiger partial charge on any atom is -0.508 e. The summed E-state index contributed by atoms with van der Waals surface area (Å²) >= 11 is 0. The molecular formula is C14H13N3O. The van der Waals surface area contributed by atoms with E-state index in [2.05, 4.69) is 15.5 Å². The van der Waals surface area contributed by atoms with Crippen molar-refractivity contribution in [3.05, 3.63) is 54.2 Å². The molecule has 0 fully saturated rings. The molecule has 1 aromatic heterocycles. The lowest BCUT2D eigenvalue weighted by Gasteiger charge is -2.07. The van der Waals surface area contributed by atoms with Gasteiger partial charge in [0.15, 0.2) is 0 Å². The summed E-state index contributed by atoms with van der Waals surface area (Å²) in [5.74, 6) is 0.288. The van der Waals surface area contributed by atoms with E-state index in [-0.39, 0.29) is 5.75 Å². The number of nitrogens with zero attached hydrogens (tertiary/aromatic N) is 1. The van der Waals surface area contributed by atoms with E-state index in [9.17, 15) is 5.11 Å². The number of H-pyrrole nitrogens is 1. The number of phenols is 1. The zero-order valence-corrected chi connectivity index (χ0v) is 9.72. The highest BCUT2D eigenvalue weighted by Crippen LogP contribution is 2.21. The summed E-state index contributed by atoms with van der Waals surface area (Å²) in [6, 6.07) is 13.2. The molecule has 3 N–H and O–H groups in total. The molecule has 3 rings (SSSR count). The first kappa shape index (κ1) is 10.7. The van der Waals surface area contributed by atoms with E-state index in [0.29, 0.717) is 6.54 Å². The molecule has 4 nitrogen and oxygen atoms in total. The Kier molecular flexibility index (Phi) is 2.61. The SMILES string of the molecule is Oc1ccc(CNc2cccc3[nH]ncc23)cc1. The third-order valence-electron chi connectivity index (χ3n) is 2.90. The second kappa shape index (κ2) is 4.41. The van der Waals surface area contributed by atoms with Gasteiger partial charge in [-0.3, -0.25) is 5.10 Å². The molecule has 18 heavy (non-hydrogen) atoms. The lowest BCUT2D eigenvalue weighted by atomic mass is 10.2. The molecular weight excluding hydrogens is 226 g/mol. The number of benzene rings is 2. The maximum Gasteiger partial charge on any atom is 0.115 e. The highest BCUT2D eigenvalue weighted by molar-refractivity contribution is 5.90. The molecule has 1 heterocycles. The van der Waals surface area contributed by atoms with Gasteiger partial charge < -0.3 is 10.4 Å². The fourth-order valence-corrected chi connectivity index (χ4v) is 1.93. The third-order valence-corrected chi connectivity index (χ3v) is 2.90. The molecule has 0 aliphatic carbocycles. The minimum atomic E-state index is 0.288. The van der Waals surface area contributed by atoms with Crippen molar-refractivity contribution in [3.8, 4) is 5.75 Å². The number of nitrogens with one attached hydrogen (secondary N) is 2. The monoisotopic (exact) mass is 239 g/mol. The van der Waals surface area contributed by atoms with Gasteiger partial charge in [0, 0.05) is 17.6 Å². The zero-order chi connectivity index (χ0) is 12.4. The molecule has 0 spiro atoms. The Labute approximate surface area is 104 Å². The van der Waals surface area contributed by atoms with E-state index < -0.39 is 0 Å². The van der Waals surface area contributed by atoms with Gasteiger partial charge in [-0.1, -0.05) is 18.2 Å². The number of aromatic hydroxyl groups is 1. The predicted octanol–water partition coefficient (Wildman–Crippen LogP) is 2.88. The van der Waals surface area contributed by atoms with Crippen molar-refractivity contribution >= 4 is 16.6 Å². The number of anilines is 1. The van der Waals surface area contributed by atoms with Crippen molar-refractivity contribution in [2.45, 2.75) is 6.54 Å². The van der Waals surface area contributed by atoms with E-state index in [4.69, 9.17) is 0 Å². The summed E-state index contributed by atoms with van der Waals surface area (Å²) in [5.41, 5.74) is 3.19. The third kappa shape index (κ3) is 2.00. The van der Waals surface area contributed by atoms with Crippen LogP contribution >= 0.6 is 0 Å². The van der Waals surface area contributed by atoms with Gasteiger partial charge >= 0.3 is 0 Å². The molecule has 0 amide bonds. The van der Waals surface area contributed by atoms with Crippen LogP contribution in [0, 0.1) is 0 Å². The molecule has 0 unspecified atom stereocenters. The van der Waals surface area contributed by atoms with E-state index in [1.165, 1.54) is 0 Å². The van der Waals surface area contributed by atoms with Crippen LogP contribution in [0.25, 0.3) is 10.9 Å². The molecule has 0 aliphatic rings. The molecule has 90 valence electrons. The van der Waals surface area contributed by atoms with Crippen LogP contribution in [0.1, 0.15) is 5.56 Å². The largest absolute Gasteiger partial charge is 0.508 e. The van der Waals surface area contributed by atoms with Crippen LogP contribution in [0.2, 0.25) is 0 Å². The van der Waals surface area contributed by atoms with Crippen LogP contribution in [0.3, 0.4) is 0 Å². The molecule has 0 radical (unpaired) electrons. The zero-order valence-electron chi connectivity index (χ0n) is 9.72. The highest BCUT2D eigenvalue weighted by atomic mass is 16.3. The first-order valence-corrected chi connectivity index (χ1v) is 5.77. The quantitative estimate of drug-likeness (QED) is 0.658. The van der Waals surface area contributed by atoms with Crippen molar-refractivity contribution in [2.24, 2.45) is 0 Å². The summed E-state index contributed by atoms with van der Waals surface area (Å²) in [7, 11) is 0. The number of aromatic amines is 1. The number of aromatic nitrogens is 2. The van der Waals surface area contributed by atoms with Gasteiger partial charge in [0.25, 0.3) is 0 Å². The van der Waals surface area contributed by atoms with E-state index in [0.717, 1.165) is 22.2 Å². The fourth-order valence-electron chi connectivity index (χ4n) is 1.93. The van der Waals surface area contributed by atoms with Crippen LogP contribution in [0.15, 0.2) is 48.7 Å². The Morgan fingerprint density at radius 1 is 1.11 bits per heavy atom. The molecule has 0 bridgehead atoms. The molecule has 0 saturated carbocycles. The highest BCUT2D eigenvalue weighted by Gasteiger charge is 2.01. The number of hydrogen-bond acceptors (Lipinski definition) is 3.